The van der Waals surface area contributed by atoms with E-state index in [1.807, 2.05) is 18.2 Å². The molecule has 0 aromatic heterocycles. The molecular formula is C22H34IN3O2. The molecule has 3 aliphatic rings. The lowest BCUT2D eigenvalue weighted by atomic mass is 9.54. The van der Waals surface area contributed by atoms with Crippen molar-refractivity contribution in [2.45, 2.75) is 57.1 Å². The molecule has 156 valence electrons. The number of benzene rings is 1. The van der Waals surface area contributed by atoms with Gasteiger partial charge in [-0.3, -0.25) is 4.99 Å². The molecule has 2 aliphatic carbocycles. The highest BCUT2D eigenvalue weighted by molar-refractivity contribution is 14.0. The van der Waals surface area contributed by atoms with Gasteiger partial charge < -0.3 is 20.5 Å². The number of rotatable bonds is 6. The summed E-state index contributed by atoms with van der Waals surface area (Å²) in [5, 5.41) is 17.0. The Morgan fingerprint density at radius 3 is 2.71 bits per heavy atom. The Morgan fingerprint density at radius 1 is 1.29 bits per heavy atom. The number of aliphatic hydroxyl groups is 1. The van der Waals surface area contributed by atoms with Crippen LogP contribution in [0.4, 0.5) is 0 Å². The Morgan fingerprint density at radius 2 is 2.04 bits per heavy atom. The molecule has 3 fully saturated rings. The second-order valence-electron chi connectivity index (χ2n) is 8.32. The number of aliphatic imine (C=N–C) groups is 1. The van der Waals surface area contributed by atoms with Gasteiger partial charge in [0.05, 0.1) is 19.3 Å². The fourth-order valence-corrected chi connectivity index (χ4v) is 5.57. The normalized spacial score (nSPS) is 28.9. The van der Waals surface area contributed by atoms with Crippen LogP contribution in [-0.4, -0.2) is 49.5 Å². The first-order valence-corrected chi connectivity index (χ1v) is 10.6. The van der Waals surface area contributed by atoms with Crippen LogP contribution in [0.25, 0.3) is 0 Å². The lowest BCUT2D eigenvalue weighted by Gasteiger charge is -2.57. The summed E-state index contributed by atoms with van der Waals surface area (Å²) in [4.78, 5) is 4.85. The summed E-state index contributed by atoms with van der Waals surface area (Å²) >= 11 is 0. The van der Waals surface area contributed by atoms with Crippen LogP contribution >= 0.6 is 24.0 Å². The van der Waals surface area contributed by atoms with Crippen LogP contribution < -0.4 is 10.6 Å². The predicted octanol–water partition coefficient (Wildman–Crippen LogP) is 3.28. The number of hydrogen-bond acceptors (Lipinski definition) is 3. The third kappa shape index (κ3) is 4.05. The summed E-state index contributed by atoms with van der Waals surface area (Å²) < 4.78 is 6.10. The predicted molar refractivity (Wildman–Crippen MR) is 123 cm³/mol. The van der Waals surface area contributed by atoms with Crippen molar-refractivity contribution in [3.05, 3.63) is 35.9 Å². The average Bonchev–Trinajstić information content (AvgIpc) is 3.36. The van der Waals surface area contributed by atoms with Crippen LogP contribution in [0.1, 0.15) is 50.5 Å². The van der Waals surface area contributed by atoms with Crippen LogP contribution in [0.5, 0.6) is 0 Å². The number of guanidine groups is 1. The smallest absolute Gasteiger partial charge is 0.191 e. The number of hydrogen-bond donors (Lipinski definition) is 3. The molecule has 2 saturated carbocycles. The molecule has 1 aromatic carbocycles. The van der Waals surface area contributed by atoms with Crippen LogP contribution in [0.15, 0.2) is 35.3 Å². The van der Waals surface area contributed by atoms with E-state index in [0.29, 0.717) is 30.0 Å². The van der Waals surface area contributed by atoms with Gasteiger partial charge in [-0.15, -0.1) is 24.0 Å². The maximum atomic E-state index is 9.83. The van der Waals surface area contributed by atoms with Gasteiger partial charge in [0.25, 0.3) is 0 Å². The summed E-state index contributed by atoms with van der Waals surface area (Å²) in [6.45, 7) is 4.54. The minimum atomic E-state index is 0. The molecule has 6 heteroatoms. The highest BCUT2D eigenvalue weighted by atomic mass is 127. The Labute approximate surface area is 185 Å². The van der Waals surface area contributed by atoms with Gasteiger partial charge >= 0.3 is 0 Å². The molecule has 4 unspecified atom stereocenters. The quantitative estimate of drug-likeness (QED) is 0.320. The van der Waals surface area contributed by atoms with Gasteiger partial charge in [0, 0.05) is 36.4 Å². The van der Waals surface area contributed by atoms with Gasteiger partial charge in [-0.25, -0.2) is 0 Å². The van der Waals surface area contributed by atoms with Crippen molar-refractivity contribution in [1.29, 1.82) is 0 Å². The van der Waals surface area contributed by atoms with E-state index in [4.69, 9.17) is 9.73 Å². The fourth-order valence-electron chi connectivity index (χ4n) is 5.57. The van der Waals surface area contributed by atoms with Crippen LogP contribution in [0.3, 0.4) is 0 Å². The van der Waals surface area contributed by atoms with E-state index in [2.05, 4.69) is 29.7 Å². The third-order valence-electron chi connectivity index (χ3n) is 6.88. The minimum Gasteiger partial charge on any atom is -0.396 e. The standard InChI is InChI=1S/C22H33N3O2.HI/c1-2-23-21(24-14-17(15-26)16-8-4-3-5-9-16)25-19-18-10-13-27-20(18)22(19)11-6-7-12-22;/h3-5,8-9,17-20,26H,2,6-7,10-15H2,1H3,(H2,23,24,25);1H. The first-order chi connectivity index (χ1) is 13.3. The van der Waals surface area contributed by atoms with E-state index in [9.17, 15) is 5.11 Å². The van der Waals surface area contributed by atoms with Gasteiger partial charge in [0.2, 0.25) is 0 Å². The van der Waals surface area contributed by atoms with Crippen LogP contribution in [0, 0.1) is 11.3 Å². The molecule has 4 rings (SSSR count). The fraction of sp³-hybridized carbons (Fsp3) is 0.682. The highest BCUT2D eigenvalue weighted by Gasteiger charge is 2.65. The Hall–Kier alpha value is -0.860. The topological polar surface area (TPSA) is 65.9 Å². The Kier molecular flexibility index (Phi) is 7.61. The van der Waals surface area contributed by atoms with E-state index >= 15 is 0 Å². The zero-order chi connectivity index (χ0) is 18.7. The Bertz CT molecular complexity index is 648. The van der Waals surface area contributed by atoms with Crippen molar-refractivity contribution >= 4 is 29.9 Å². The summed E-state index contributed by atoms with van der Waals surface area (Å²) in [6.07, 6.45) is 6.79. The average molecular weight is 499 g/mol. The molecule has 1 heterocycles. The number of halogens is 1. The molecule has 1 saturated heterocycles. The molecule has 0 amide bonds. The lowest BCUT2D eigenvalue weighted by molar-refractivity contribution is -0.125. The second-order valence-corrected chi connectivity index (χ2v) is 8.32. The van der Waals surface area contributed by atoms with Gasteiger partial charge in [-0.1, -0.05) is 43.2 Å². The van der Waals surface area contributed by atoms with Crippen molar-refractivity contribution < 1.29 is 9.84 Å². The van der Waals surface area contributed by atoms with E-state index in [1.165, 1.54) is 25.7 Å². The second kappa shape index (κ2) is 9.76. The molecule has 4 atom stereocenters. The lowest BCUT2D eigenvalue weighted by Crippen LogP contribution is -2.69. The van der Waals surface area contributed by atoms with E-state index < -0.39 is 0 Å². The van der Waals surface area contributed by atoms with Crippen molar-refractivity contribution in [3.63, 3.8) is 0 Å². The molecule has 5 nitrogen and oxygen atoms in total. The molecule has 1 aromatic rings. The maximum absolute atomic E-state index is 9.83. The first-order valence-electron chi connectivity index (χ1n) is 10.6. The van der Waals surface area contributed by atoms with Gasteiger partial charge in [-0.2, -0.15) is 0 Å². The van der Waals surface area contributed by atoms with Gasteiger partial charge in [-0.05, 0) is 31.7 Å². The summed E-state index contributed by atoms with van der Waals surface area (Å²) in [6, 6.07) is 10.6. The van der Waals surface area contributed by atoms with E-state index in [1.54, 1.807) is 0 Å². The number of nitrogens with one attached hydrogen (secondary N) is 2. The third-order valence-corrected chi connectivity index (χ3v) is 6.88. The summed E-state index contributed by atoms with van der Waals surface area (Å²) in [7, 11) is 0. The molecule has 0 bridgehead atoms. The molecule has 1 aliphatic heterocycles. The summed E-state index contributed by atoms with van der Waals surface area (Å²) in [5.74, 6) is 1.54. The van der Waals surface area contributed by atoms with Crippen LogP contribution in [0.2, 0.25) is 0 Å². The number of nitrogens with zero attached hydrogens (tertiary/aromatic N) is 1. The molecule has 0 radical (unpaired) electrons. The molecule has 3 N–H and O–H groups in total. The van der Waals surface area contributed by atoms with Crippen molar-refractivity contribution in [3.8, 4) is 0 Å². The highest BCUT2D eigenvalue weighted by Crippen LogP contribution is 2.60. The van der Waals surface area contributed by atoms with Gasteiger partial charge in [0.1, 0.15) is 0 Å². The van der Waals surface area contributed by atoms with Crippen molar-refractivity contribution in [2.24, 2.45) is 16.3 Å². The maximum Gasteiger partial charge on any atom is 0.191 e. The zero-order valence-corrected chi connectivity index (χ0v) is 19.1. The summed E-state index contributed by atoms with van der Waals surface area (Å²) in [5.41, 5.74) is 1.45. The van der Waals surface area contributed by atoms with Gasteiger partial charge in [0.15, 0.2) is 5.96 Å². The number of ether oxygens (including phenoxy) is 1. The Balaban J connectivity index is 0.00000225. The van der Waals surface area contributed by atoms with Crippen molar-refractivity contribution in [2.75, 3.05) is 26.3 Å². The number of fused-ring (bicyclic) bond motifs is 2. The molecule has 28 heavy (non-hydrogen) atoms. The van der Waals surface area contributed by atoms with E-state index in [-0.39, 0.29) is 36.5 Å². The monoisotopic (exact) mass is 499 g/mol. The van der Waals surface area contributed by atoms with Crippen molar-refractivity contribution in [1.82, 2.24) is 10.6 Å². The van der Waals surface area contributed by atoms with Crippen LogP contribution in [-0.2, 0) is 4.74 Å². The largest absolute Gasteiger partial charge is 0.396 e. The SMILES string of the molecule is CCNC(=NCC(CO)c1ccccc1)NC1C2CCOC2C12CCCC2.I. The number of aliphatic hydroxyl groups excluding tert-OH is 1. The minimum absolute atomic E-state index is 0. The molecular weight excluding hydrogens is 465 g/mol. The van der Waals surface area contributed by atoms with E-state index in [0.717, 1.165) is 31.1 Å². The molecule has 1 spiro atoms. The zero-order valence-electron chi connectivity index (χ0n) is 16.8. The first kappa shape index (κ1) is 21.8.